The number of carboxylic acids is 1. The second kappa shape index (κ2) is 7.38. The minimum Gasteiger partial charge on any atom is -0.480 e. The number of carbonyl (C=O) groups excluding carboxylic acids is 1. The largest absolute Gasteiger partial charge is 0.480 e. The van der Waals surface area contributed by atoms with Crippen molar-refractivity contribution in [1.29, 1.82) is 0 Å². The van der Waals surface area contributed by atoms with Crippen LogP contribution in [-0.2, 0) is 16.0 Å². The Kier molecular flexibility index (Phi) is 6.15. The van der Waals surface area contributed by atoms with Crippen molar-refractivity contribution < 1.29 is 14.7 Å². The molecule has 4 nitrogen and oxygen atoms in total. The Morgan fingerprint density at radius 2 is 2.22 bits per heavy atom. The topological polar surface area (TPSA) is 66.4 Å². The summed E-state index contributed by atoms with van der Waals surface area (Å²) in [6.07, 6.45) is 2.32. The molecule has 2 N–H and O–H groups in total. The van der Waals surface area contributed by atoms with E-state index < -0.39 is 12.0 Å². The Hall–Kier alpha value is -1.07. The maximum Gasteiger partial charge on any atom is 0.326 e. The standard InChI is InChI=1S/C12H16ClNO3S/c1-2-3-4-9(12(16)17)14-11(15)7-8-5-6-10(13)18-8/h5-6,9H,2-4,7H2,1H3,(H,14,15)(H,16,17). The summed E-state index contributed by atoms with van der Waals surface area (Å²) in [5.41, 5.74) is 0. The molecule has 0 aliphatic rings. The van der Waals surface area contributed by atoms with Gasteiger partial charge in [0.15, 0.2) is 0 Å². The second-order valence-corrected chi connectivity index (χ2v) is 5.78. The van der Waals surface area contributed by atoms with Crippen molar-refractivity contribution in [2.75, 3.05) is 0 Å². The molecule has 0 aromatic carbocycles. The van der Waals surface area contributed by atoms with Crippen molar-refractivity contribution in [3.63, 3.8) is 0 Å². The molecular weight excluding hydrogens is 274 g/mol. The molecule has 100 valence electrons. The summed E-state index contributed by atoms with van der Waals surface area (Å²) in [6.45, 7) is 1.98. The van der Waals surface area contributed by atoms with Crippen LogP contribution in [0.25, 0.3) is 0 Å². The van der Waals surface area contributed by atoms with Crippen LogP contribution in [0.15, 0.2) is 12.1 Å². The average molecular weight is 290 g/mol. The zero-order chi connectivity index (χ0) is 13.5. The Morgan fingerprint density at radius 3 is 2.72 bits per heavy atom. The van der Waals surface area contributed by atoms with E-state index in [0.29, 0.717) is 10.8 Å². The van der Waals surface area contributed by atoms with Crippen LogP contribution >= 0.6 is 22.9 Å². The maximum atomic E-state index is 11.7. The van der Waals surface area contributed by atoms with Gasteiger partial charge in [0.1, 0.15) is 6.04 Å². The van der Waals surface area contributed by atoms with Crippen LogP contribution in [0, 0.1) is 0 Å². The van der Waals surface area contributed by atoms with Gasteiger partial charge in [-0.3, -0.25) is 4.79 Å². The Bertz CT molecular complexity index is 419. The SMILES string of the molecule is CCCCC(NC(=O)Cc1ccc(Cl)s1)C(=O)O. The number of carbonyl (C=O) groups is 2. The number of aliphatic carboxylic acids is 1. The van der Waals surface area contributed by atoms with E-state index in [2.05, 4.69) is 5.32 Å². The first-order valence-electron chi connectivity index (χ1n) is 5.79. The monoisotopic (exact) mass is 289 g/mol. The van der Waals surface area contributed by atoms with Gasteiger partial charge in [-0.2, -0.15) is 0 Å². The minimum atomic E-state index is -0.985. The number of unbranched alkanes of at least 4 members (excludes halogenated alkanes) is 1. The molecular formula is C12H16ClNO3S. The number of nitrogens with one attached hydrogen (secondary N) is 1. The van der Waals surface area contributed by atoms with E-state index in [4.69, 9.17) is 16.7 Å². The molecule has 0 bridgehead atoms. The fourth-order valence-corrected chi connectivity index (χ4v) is 2.60. The number of hydrogen-bond acceptors (Lipinski definition) is 3. The lowest BCUT2D eigenvalue weighted by Crippen LogP contribution is -2.41. The van der Waals surface area contributed by atoms with Gasteiger partial charge >= 0.3 is 5.97 Å². The molecule has 1 aromatic rings. The quantitative estimate of drug-likeness (QED) is 0.811. The van der Waals surface area contributed by atoms with Gasteiger partial charge in [0.05, 0.1) is 10.8 Å². The number of carboxylic acid groups (broad SMARTS) is 1. The normalized spacial score (nSPS) is 12.1. The number of rotatable bonds is 7. The van der Waals surface area contributed by atoms with E-state index >= 15 is 0 Å². The summed E-state index contributed by atoms with van der Waals surface area (Å²) < 4.78 is 0.624. The lowest BCUT2D eigenvalue weighted by Gasteiger charge is -2.13. The average Bonchev–Trinajstić information content (AvgIpc) is 2.69. The molecule has 0 saturated heterocycles. The summed E-state index contributed by atoms with van der Waals surface area (Å²) in [5, 5.41) is 11.5. The predicted octanol–water partition coefficient (Wildman–Crippen LogP) is 2.70. The lowest BCUT2D eigenvalue weighted by atomic mass is 10.1. The molecule has 0 aliphatic carbocycles. The molecule has 1 unspecified atom stereocenters. The molecule has 1 heterocycles. The molecule has 1 amide bonds. The van der Waals surface area contributed by atoms with Crippen LogP contribution in [0.5, 0.6) is 0 Å². The molecule has 0 spiro atoms. The van der Waals surface area contributed by atoms with E-state index in [9.17, 15) is 9.59 Å². The van der Waals surface area contributed by atoms with Gasteiger partial charge in [-0.15, -0.1) is 11.3 Å². The van der Waals surface area contributed by atoms with Crippen LogP contribution in [0.2, 0.25) is 4.34 Å². The highest BCUT2D eigenvalue weighted by Crippen LogP contribution is 2.21. The second-order valence-electron chi connectivity index (χ2n) is 3.98. The minimum absolute atomic E-state index is 0.174. The third-order valence-corrected chi connectivity index (χ3v) is 3.67. The molecule has 0 fully saturated rings. The third kappa shape index (κ3) is 5.06. The maximum absolute atomic E-state index is 11.7. The summed E-state index contributed by atoms with van der Waals surface area (Å²) in [7, 11) is 0. The zero-order valence-electron chi connectivity index (χ0n) is 10.1. The summed E-state index contributed by atoms with van der Waals surface area (Å²) in [5.74, 6) is -1.27. The fraction of sp³-hybridized carbons (Fsp3) is 0.500. The highest BCUT2D eigenvalue weighted by atomic mass is 35.5. The van der Waals surface area contributed by atoms with Crippen LogP contribution in [0.1, 0.15) is 31.1 Å². The van der Waals surface area contributed by atoms with E-state index in [-0.39, 0.29) is 12.3 Å². The van der Waals surface area contributed by atoms with Gasteiger partial charge in [-0.25, -0.2) is 4.79 Å². The molecule has 1 atom stereocenters. The summed E-state index contributed by atoms with van der Waals surface area (Å²) >= 11 is 7.09. The molecule has 1 aromatic heterocycles. The van der Waals surface area contributed by atoms with E-state index in [0.717, 1.165) is 17.7 Å². The molecule has 6 heteroatoms. The highest BCUT2D eigenvalue weighted by Gasteiger charge is 2.19. The molecule has 18 heavy (non-hydrogen) atoms. The number of hydrogen-bond donors (Lipinski definition) is 2. The van der Waals surface area contributed by atoms with Crippen LogP contribution in [0.4, 0.5) is 0 Å². The van der Waals surface area contributed by atoms with Gasteiger partial charge in [-0.1, -0.05) is 31.4 Å². The van der Waals surface area contributed by atoms with Gasteiger partial charge in [-0.05, 0) is 18.6 Å². The molecule has 1 rings (SSSR count). The Labute approximate surface area is 115 Å². The fourth-order valence-electron chi connectivity index (χ4n) is 1.52. The van der Waals surface area contributed by atoms with Crippen LogP contribution in [-0.4, -0.2) is 23.0 Å². The highest BCUT2D eigenvalue weighted by molar-refractivity contribution is 7.16. The summed E-state index contributed by atoms with van der Waals surface area (Å²) in [6, 6.07) is 2.70. The molecule has 0 saturated carbocycles. The first-order valence-corrected chi connectivity index (χ1v) is 6.98. The van der Waals surface area contributed by atoms with Crippen molar-refractivity contribution in [3.8, 4) is 0 Å². The molecule has 0 radical (unpaired) electrons. The van der Waals surface area contributed by atoms with Crippen molar-refractivity contribution >= 4 is 34.8 Å². The van der Waals surface area contributed by atoms with E-state index in [1.165, 1.54) is 11.3 Å². The van der Waals surface area contributed by atoms with Crippen LogP contribution in [0.3, 0.4) is 0 Å². The van der Waals surface area contributed by atoms with Gasteiger partial charge in [0.25, 0.3) is 0 Å². The van der Waals surface area contributed by atoms with Crippen molar-refractivity contribution in [3.05, 3.63) is 21.3 Å². The lowest BCUT2D eigenvalue weighted by molar-refractivity contribution is -0.141. The van der Waals surface area contributed by atoms with Crippen LogP contribution < -0.4 is 5.32 Å². The first-order chi connectivity index (χ1) is 8.52. The smallest absolute Gasteiger partial charge is 0.326 e. The van der Waals surface area contributed by atoms with Crippen molar-refractivity contribution in [1.82, 2.24) is 5.32 Å². The predicted molar refractivity (Wildman–Crippen MR) is 72.1 cm³/mol. The van der Waals surface area contributed by atoms with Crippen molar-refractivity contribution in [2.45, 2.75) is 38.6 Å². The first kappa shape index (κ1) is 15.0. The summed E-state index contributed by atoms with van der Waals surface area (Å²) in [4.78, 5) is 23.5. The number of halogens is 1. The van der Waals surface area contributed by atoms with E-state index in [1.807, 2.05) is 6.92 Å². The third-order valence-electron chi connectivity index (χ3n) is 2.44. The number of thiophene rings is 1. The number of amides is 1. The van der Waals surface area contributed by atoms with Gasteiger partial charge in [0, 0.05) is 4.88 Å². The van der Waals surface area contributed by atoms with Crippen molar-refractivity contribution in [2.24, 2.45) is 0 Å². The van der Waals surface area contributed by atoms with Gasteiger partial charge in [0.2, 0.25) is 5.91 Å². The molecule has 0 aliphatic heterocycles. The zero-order valence-corrected chi connectivity index (χ0v) is 11.7. The van der Waals surface area contributed by atoms with E-state index in [1.54, 1.807) is 12.1 Å². The Morgan fingerprint density at radius 1 is 1.50 bits per heavy atom. The Balaban J connectivity index is 2.48. The van der Waals surface area contributed by atoms with Gasteiger partial charge < -0.3 is 10.4 Å².